The van der Waals surface area contributed by atoms with Gasteiger partial charge in [0.15, 0.2) is 0 Å². The second-order valence-corrected chi connectivity index (χ2v) is 11.0. The van der Waals surface area contributed by atoms with E-state index >= 15 is 0 Å². The molecule has 1 atom stereocenters. The molecule has 1 saturated carbocycles. The number of hydrogen-bond acceptors (Lipinski definition) is 6. The molecule has 0 bridgehead atoms. The number of benzene rings is 2. The van der Waals surface area contributed by atoms with E-state index in [1.807, 2.05) is 13.8 Å². The van der Waals surface area contributed by atoms with E-state index in [2.05, 4.69) is 10.6 Å². The van der Waals surface area contributed by atoms with Crippen LogP contribution in [0.15, 0.2) is 42.5 Å². The maximum atomic E-state index is 13.9. The van der Waals surface area contributed by atoms with Gasteiger partial charge in [-0.25, -0.2) is 0 Å². The van der Waals surface area contributed by atoms with E-state index in [1.165, 1.54) is 24.3 Å². The van der Waals surface area contributed by atoms with Crippen LogP contribution in [0, 0.1) is 21.4 Å². The Balaban J connectivity index is 1.72. The van der Waals surface area contributed by atoms with Crippen molar-refractivity contribution in [3.05, 3.63) is 63.7 Å². The normalized spacial score (nSPS) is 18.2. The van der Waals surface area contributed by atoms with E-state index in [0.29, 0.717) is 35.6 Å². The minimum atomic E-state index is -0.510. The number of nitrogens with zero attached hydrogens (tertiary/aromatic N) is 2. The summed E-state index contributed by atoms with van der Waals surface area (Å²) in [5, 5.41) is 16.9. The second kappa shape index (κ2) is 11.3. The first-order chi connectivity index (χ1) is 18.1. The highest BCUT2D eigenvalue weighted by Gasteiger charge is 2.38. The van der Waals surface area contributed by atoms with E-state index in [-0.39, 0.29) is 47.2 Å². The van der Waals surface area contributed by atoms with Crippen LogP contribution in [-0.2, 0) is 4.79 Å². The molecule has 3 amide bonds. The number of carbonyl (C=O) groups excluding carboxylic acids is 3. The van der Waals surface area contributed by atoms with Gasteiger partial charge in [-0.2, -0.15) is 0 Å². The van der Waals surface area contributed by atoms with Crippen LogP contribution in [0.3, 0.4) is 0 Å². The number of nitro groups is 1. The number of fused-ring (bicyclic) bond motifs is 1. The van der Waals surface area contributed by atoms with E-state index in [9.17, 15) is 24.5 Å². The summed E-state index contributed by atoms with van der Waals surface area (Å²) in [5.41, 5.74) is 6.95. The predicted molar refractivity (Wildman–Crippen MR) is 145 cm³/mol. The first-order valence-electron chi connectivity index (χ1n) is 13.1. The van der Waals surface area contributed by atoms with Crippen molar-refractivity contribution in [2.45, 2.75) is 58.4 Å². The zero-order valence-electron chi connectivity index (χ0n) is 21.9. The van der Waals surface area contributed by atoms with Gasteiger partial charge < -0.3 is 21.3 Å². The fourth-order valence-electron chi connectivity index (χ4n) is 5.16. The number of anilines is 2. The molecule has 0 radical (unpaired) electrons. The summed E-state index contributed by atoms with van der Waals surface area (Å²) in [5.74, 6) is -0.716. The first kappa shape index (κ1) is 27.3. The molecule has 4 N–H and O–H groups in total. The Hall–Kier alpha value is -3.79. The third kappa shape index (κ3) is 6.02. The minimum Gasteiger partial charge on any atom is -0.351 e. The highest BCUT2D eigenvalue weighted by molar-refractivity contribution is 6.12. The van der Waals surface area contributed by atoms with Gasteiger partial charge in [-0.15, -0.1) is 0 Å². The lowest BCUT2D eigenvalue weighted by Crippen LogP contribution is -2.46. The summed E-state index contributed by atoms with van der Waals surface area (Å²) < 4.78 is 0. The topological polar surface area (TPSA) is 148 Å². The first-order valence-corrected chi connectivity index (χ1v) is 13.1. The standard InChI is InChI=1S/C28H35N5O5/c1-28(2,16-29)17-30-26(35)20-10-13-23-22(14-20)31-25(34)15-24(18-6-4-3-5-7-18)32(23)27(36)19-8-11-21(12-9-19)33(37)38/h8-14,18,24H,3-7,15-17,29H2,1-2H3,(H,30,35)(H,31,34). The molecule has 1 unspecified atom stereocenters. The van der Waals surface area contributed by atoms with E-state index < -0.39 is 4.92 Å². The van der Waals surface area contributed by atoms with Gasteiger partial charge >= 0.3 is 0 Å². The van der Waals surface area contributed by atoms with Gasteiger partial charge in [0.2, 0.25) is 5.91 Å². The minimum absolute atomic E-state index is 0.105. The maximum absolute atomic E-state index is 13.9. The molecule has 202 valence electrons. The van der Waals surface area contributed by atoms with Crippen molar-refractivity contribution in [1.82, 2.24) is 5.32 Å². The van der Waals surface area contributed by atoms with Crippen LogP contribution in [0.4, 0.5) is 17.1 Å². The zero-order chi connectivity index (χ0) is 27.4. The number of amides is 3. The maximum Gasteiger partial charge on any atom is 0.269 e. The molecule has 38 heavy (non-hydrogen) atoms. The van der Waals surface area contributed by atoms with Crippen LogP contribution < -0.4 is 21.3 Å². The number of nitro benzene ring substituents is 1. The Bertz CT molecular complexity index is 1220. The van der Waals surface area contributed by atoms with Crippen LogP contribution in [-0.4, -0.2) is 41.8 Å². The molecule has 10 nitrogen and oxygen atoms in total. The summed E-state index contributed by atoms with van der Waals surface area (Å²) in [6, 6.07) is 10.1. The smallest absolute Gasteiger partial charge is 0.269 e. The molecule has 4 rings (SSSR count). The number of hydrogen-bond donors (Lipinski definition) is 3. The lowest BCUT2D eigenvalue weighted by atomic mass is 9.81. The number of carbonyl (C=O) groups is 3. The quantitative estimate of drug-likeness (QED) is 0.367. The molecule has 1 fully saturated rings. The van der Waals surface area contributed by atoms with E-state index in [0.717, 1.165) is 32.1 Å². The number of rotatable bonds is 7. The Morgan fingerprint density at radius 2 is 1.76 bits per heavy atom. The van der Waals surface area contributed by atoms with E-state index in [4.69, 9.17) is 5.73 Å². The molecule has 2 aliphatic rings. The van der Waals surface area contributed by atoms with Crippen LogP contribution in [0.2, 0.25) is 0 Å². The molecule has 10 heteroatoms. The van der Waals surface area contributed by atoms with Crippen LogP contribution >= 0.6 is 0 Å². The van der Waals surface area contributed by atoms with Crippen molar-refractivity contribution >= 4 is 34.8 Å². The Labute approximate surface area is 222 Å². The predicted octanol–water partition coefficient (Wildman–Crippen LogP) is 4.25. The molecule has 1 heterocycles. The zero-order valence-corrected chi connectivity index (χ0v) is 21.9. The Morgan fingerprint density at radius 3 is 2.39 bits per heavy atom. The molecule has 0 saturated heterocycles. The third-order valence-corrected chi connectivity index (χ3v) is 7.54. The molecular weight excluding hydrogens is 486 g/mol. The Kier molecular flexibility index (Phi) is 8.11. The highest BCUT2D eigenvalue weighted by atomic mass is 16.6. The van der Waals surface area contributed by atoms with E-state index in [1.54, 1.807) is 23.1 Å². The van der Waals surface area contributed by atoms with Crippen molar-refractivity contribution in [2.24, 2.45) is 17.1 Å². The molecule has 2 aromatic carbocycles. The largest absolute Gasteiger partial charge is 0.351 e. The second-order valence-electron chi connectivity index (χ2n) is 11.0. The van der Waals surface area contributed by atoms with Gasteiger partial charge in [-0.1, -0.05) is 33.1 Å². The van der Waals surface area contributed by atoms with Gasteiger partial charge in [0.1, 0.15) is 0 Å². The molecule has 1 aliphatic heterocycles. The van der Waals surface area contributed by atoms with Gasteiger partial charge in [0, 0.05) is 42.3 Å². The van der Waals surface area contributed by atoms with Crippen molar-refractivity contribution in [3.63, 3.8) is 0 Å². The Morgan fingerprint density at radius 1 is 1.11 bits per heavy atom. The van der Waals surface area contributed by atoms with Crippen LogP contribution in [0.1, 0.15) is 73.1 Å². The van der Waals surface area contributed by atoms with Crippen molar-refractivity contribution in [3.8, 4) is 0 Å². The molecule has 1 aliphatic carbocycles. The summed E-state index contributed by atoms with van der Waals surface area (Å²) >= 11 is 0. The number of non-ortho nitro benzene ring substituents is 1. The van der Waals surface area contributed by atoms with Crippen LogP contribution in [0.25, 0.3) is 0 Å². The highest BCUT2D eigenvalue weighted by Crippen LogP contribution is 2.39. The third-order valence-electron chi connectivity index (χ3n) is 7.54. The molecule has 2 aromatic rings. The summed E-state index contributed by atoms with van der Waals surface area (Å²) in [6.45, 7) is 4.71. The lowest BCUT2D eigenvalue weighted by molar-refractivity contribution is -0.384. The van der Waals surface area contributed by atoms with Crippen molar-refractivity contribution in [1.29, 1.82) is 0 Å². The summed E-state index contributed by atoms with van der Waals surface area (Å²) in [7, 11) is 0. The van der Waals surface area contributed by atoms with Gasteiger partial charge in [0.05, 0.1) is 16.3 Å². The van der Waals surface area contributed by atoms with Gasteiger partial charge in [-0.05, 0) is 61.1 Å². The van der Waals surface area contributed by atoms with Crippen LogP contribution in [0.5, 0.6) is 0 Å². The SMILES string of the molecule is CC(C)(CN)CNC(=O)c1ccc2c(c1)NC(=O)CC(C1CCCCC1)N2C(=O)c1ccc([N+](=O)[O-])cc1. The summed E-state index contributed by atoms with van der Waals surface area (Å²) in [6.07, 6.45) is 5.15. The van der Waals surface area contributed by atoms with Gasteiger partial charge in [-0.3, -0.25) is 24.5 Å². The summed E-state index contributed by atoms with van der Waals surface area (Å²) in [4.78, 5) is 52.2. The fourth-order valence-corrected chi connectivity index (χ4v) is 5.16. The van der Waals surface area contributed by atoms with Crippen molar-refractivity contribution in [2.75, 3.05) is 23.3 Å². The van der Waals surface area contributed by atoms with Crippen molar-refractivity contribution < 1.29 is 19.3 Å². The lowest BCUT2D eigenvalue weighted by Gasteiger charge is -2.37. The average molecular weight is 522 g/mol. The molecular formula is C28H35N5O5. The average Bonchev–Trinajstić information content (AvgIpc) is 3.07. The number of nitrogens with one attached hydrogen (secondary N) is 2. The monoisotopic (exact) mass is 521 g/mol. The van der Waals surface area contributed by atoms with Gasteiger partial charge in [0.25, 0.3) is 17.5 Å². The fraction of sp³-hybridized carbons (Fsp3) is 0.464. The molecule has 0 spiro atoms. The molecule has 0 aromatic heterocycles. The number of nitrogens with two attached hydrogens (primary N) is 1.